The van der Waals surface area contributed by atoms with Crippen LogP contribution < -0.4 is 10.9 Å². The van der Waals surface area contributed by atoms with Gasteiger partial charge in [0.15, 0.2) is 9.84 Å². The van der Waals surface area contributed by atoms with Gasteiger partial charge in [0.1, 0.15) is 5.82 Å². The maximum atomic E-state index is 13.7. The fraction of sp³-hybridized carbons (Fsp3) is 0.269. The average molecular weight is 496 g/mol. The lowest BCUT2D eigenvalue weighted by Crippen LogP contribution is -2.25. The van der Waals surface area contributed by atoms with E-state index < -0.39 is 21.7 Å². The number of aliphatic imine (C=N–C) groups is 1. The number of carbonyl (C=O) groups excluding carboxylic acids is 1. The van der Waals surface area contributed by atoms with Gasteiger partial charge in [-0.2, -0.15) is 0 Å². The highest BCUT2D eigenvalue weighted by Crippen LogP contribution is 2.39. The molecule has 35 heavy (non-hydrogen) atoms. The molecule has 1 aliphatic heterocycles. The summed E-state index contributed by atoms with van der Waals surface area (Å²) in [5.41, 5.74) is 4.17. The molecule has 1 aliphatic rings. The van der Waals surface area contributed by atoms with Crippen molar-refractivity contribution in [1.29, 1.82) is 0 Å². The average Bonchev–Trinajstić information content (AvgIpc) is 2.89. The Morgan fingerprint density at radius 3 is 2.46 bits per heavy atom. The van der Waals surface area contributed by atoms with Crippen LogP contribution in [0.5, 0.6) is 0 Å². The van der Waals surface area contributed by atoms with Gasteiger partial charge < -0.3 is 9.88 Å². The van der Waals surface area contributed by atoms with Gasteiger partial charge in [-0.3, -0.25) is 14.6 Å². The summed E-state index contributed by atoms with van der Waals surface area (Å²) in [5.74, 6) is -0.751. The largest absolute Gasteiger partial charge is 0.356 e. The third-order valence-corrected chi connectivity index (χ3v) is 6.69. The Morgan fingerprint density at radius 1 is 1.09 bits per heavy atom. The van der Waals surface area contributed by atoms with E-state index in [1.54, 1.807) is 43.6 Å². The summed E-state index contributed by atoms with van der Waals surface area (Å²) >= 11 is 0. The third kappa shape index (κ3) is 5.40. The fourth-order valence-electron chi connectivity index (χ4n) is 4.29. The quantitative estimate of drug-likeness (QED) is 0.568. The number of rotatable bonds is 6. The predicted molar refractivity (Wildman–Crippen MR) is 134 cm³/mol. The first-order valence-corrected chi connectivity index (χ1v) is 13.2. The summed E-state index contributed by atoms with van der Waals surface area (Å²) in [5, 5.41) is 2.78. The lowest BCUT2D eigenvalue weighted by atomic mass is 9.90. The molecule has 1 amide bonds. The molecule has 0 radical (unpaired) electrons. The van der Waals surface area contributed by atoms with E-state index in [4.69, 9.17) is 4.99 Å². The second kappa shape index (κ2) is 9.58. The minimum absolute atomic E-state index is 0.0168. The summed E-state index contributed by atoms with van der Waals surface area (Å²) < 4.78 is 39.1. The first kappa shape index (κ1) is 24.5. The fourth-order valence-corrected chi connectivity index (χ4v) is 5.08. The van der Waals surface area contributed by atoms with Gasteiger partial charge in [-0.05, 0) is 53.9 Å². The van der Waals surface area contributed by atoms with Gasteiger partial charge in [-0.15, -0.1) is 0 Å². The number of aryl methyl sites for hydroxylation is 1. The summed E-state index contributed by atoms with van der Waals surface area (Å²) in [6, 6.07) is 12.0. The molecular weight excluding hydrogens is 469 g/mol. The molecule has 0 spiro atoms. The molecule has 9 heteroatoms. The Labute approximate surface area is 203 Å². The summed E-state index contributed by atoms with van der Waals surface area (Å²) in [6.45, 7) is 2.28. The standard InChI is InChI=1S/C26H26FN3O4S/c1-4-28-24(31)13-23-21-12-25(32)30(2)14-22(21)20-11-16(15-35(3,33)34)5-10-19(20)26(29-23)17-6-8-18(27)9-7-17/h5-12,14,23H,4,13,15H2,1-3H3,(H,28,31)/t23-/m0/s1. The molecule has 0 aliphatic carbocycles. The van der Waals surface area contributed by atoms with Gasteiger partial charge in [0.25, 0.3) is 5.56 Å². The van der Waals surface area contributed by atoms with E-state index in [-0.39, 0.29) is 23.6 Å². The van der Waals surface area contributed by atoms with E-state index in [2.05, 4.69) is 5.32 Å². The van der Waals surface area contributed by atoms with E-state index in [1.165, 1.54) is 29.0 Å². The molecular formula is C26H26FN3O4S. The normalized spacial score (nSPS) is 15.0. The van der Waals surface area contributed by atoms with Gasteiger partial charge in [-0.25, -0.2) is 12.8 Å². The maximum absolute atomic E-state index is 13.7. The molecule has 0 saturated carbocycles. The maximum Gasteiger partial charge on any atom is 0.250 e. The Bertz CT molecular complexity index is 1490. The number of carbonyl (C=O) groups is 1. The topological polar surface area (TPSA) is 97.6 Å². The molecule has 182 valence electrons. The van der Waals surface area contributed by atoms with Crippen molar-refractivity contribution in [2.24, 2.45) is 12.0 Å². The van der Waals surface area contributed by atoms with E-state index in [0.29, 0.717) is 45.6 Å². The van der Waals surface area contributed by atoms with Crippen molar-refractivity contribution in [2.45, 2.75) is 25.1 Å². The van der Waals surface area contributed by atoms with Gasteiger partial charge in [0.2, 0.25) is 5.91 Å². The van der Waals surface area contributed by atoms with Crippen LogP contribution in [0.2, 0.25) is 0 Å². The number of halogens is 1. The number of aromatic nitrogens is 1. The highest BCUT2D eigenvalue weighted by molar-refractivity contribution is 7.89. The zero-order valence-corrected chi connectivity index (χ0v) is 20.5. The van der Waals surface area contributed by atoms with Gasteiger partial charge >= 0.3 is 0 Å². The van der Waals surface area contributed by atoms with Crippen LogP contribution in [0.15, 0.2) is 64.5 Å². The van der Waals surface area contributed by atoms with Crippen molar-refractivity contribution in [1.82, 2.24) is 9.88 Å². The Morgan fingerprint density at radius 2 is 1.80 bits per heavy atom. The smallest absolute Gasteiger partial charge is 0.250 e. The third-order valence-electron chi connectivity index (χ3n) is 5.83. The number of hydrogen-bond donors (Lipinski definition) is 1. The number of benzene rings is 2. The van der Waals surface area contributed by atoms with E-state index in [0.717, 1.165) is 0 Å². The Kier molecular flexibility index (Phi) is 6.71. The minimum atomic E-state index is -3.29. The molecule has 0 saturated heterocycles. The van der Waals surface area contributed by atoms with Gasteiger partial charge in [0, 0.05) is 48.8 Å². The SMILES string of the molecule is CCNC(=O)C[C@@H]1N=C(c2ccc(F)cc2)c2ccc(CS(C)(=O)=O)cc2-c2cn(C)c(=O)cc21. The van der Waals surface area contributed by atoms with E-state index in [9.17, 15) is 22.4 Å². The molecule has 4 rings (SSSR count). The van der Waals surface area contributed by atoms with Crippen molar-refractivity contribution >= 4 is 21.5 Å². The highest BCUT2D eigenvalue weighted by Gasteiger charge is 2.28. The monoisotopic (exact) mass is 495 g/mol. The van der Waals surface area contributed by atoms with E-state index in [1.807, 2.05) is 6.92 Å². The first-order chi connectivity index (χ1) is 16.6. The molecule has 3 aromatic rings. The zero-order chi connectivity index (χ0) is 25.3. The molecule has 1 aromatic heterocycles. The zero-order valence-electron chi connectivity index (χ0n) is 19.7. The Balaban J connectivity index is 2.02. The van der Waals surface area contributed by atoms with Crippen molar-refractivity contribution < 1.29 is 17.6 Å². The lowest BCUT2D eigenvalue weighted by molar-refractivity contribution is -0.121. The second-order valence-corrected chi connectivity index (χ2v) is 10.8. The Hall–Kier alpha value is -3.59. The minimum Gasteiger partial charge on any atom is -0.356 e. The molecule has 0 fully saturated rings. The molecule has 1 atom stereocenters. The second-order valence-electron chi connectivity index (χ2n) is 8.70. The number of nitrogens with zero attached hydrogens (tertiary/aromatic N) is 2. The number of fused-ring (bicyclic) bond motifs is 3. The van der Waals surface area contributed by atoms with Crippen molar-refractivity contribution in [3.05, 3.63) is 93.2 Å². The summed E-state index contributed by atoms with van der Waals surface area (Å²) in [4.78, 5) is 30.1. The highest BCUT2D eigenvalue weighted by atomic mass is 32.2. The summed E-state index contributed by atoms with van der Waals surface area (Å²) in [7, 11) is -1.66. The molecule has 2 aromatic carbocycles. The van der Waals surface area contributed by atoms with Crippen molar-refractivity contribution in [3.63, 3.8) is 0 Å². The van der Waals surface area contributed by atoms with Gasteiger partial charge in [-0.1, -0.05) is 12.1 Å². The van der Waals surface area contributed by atoms with Crippen molar-refractivity contribution in [3.8, 4) is 11.1 Å². The summed E-state index contributed by atoms with van der Waals surface area (Å²) in [6.07, 6.45) is 2.88. The first-order valence-electron chi connectivity index (χ1n) is 11.2. The van der Waals surface area contributed by atoms with Gasteiger partial charge in [0.05, 0.1) is 23.9 Å². The van der Waals surface area contributed by atoms with Crippen LogP contribution in [0.25, 0.3) is 11.1 Å². The molecule has 0 bridgehead atoms. The van der Waals surface area contributed by atoms with Crippen LogP contribution >= 0.6 is 0 Å². The van der Waals surface area contributed by atoms with Crippen LogP contribution in [0, 0.1) is 5.82 Å². The van der Waals surface area contributed by atoms with Crippen LogP contribution in [0.3, 0.4) is 0 Å². The predicted octanol–water partition coefficient (Wildman–Crippen LogP) is 3.15. The number of amides is 1. The van der Waals surface area contributed by atoms with Crippen LogP contribution in [-0.2, 0) is 27.4 Å². The van der Waals surface area contributed by atoms with E-state index >= 15 is 0 Å². The number of sulfone groups is 1. The van der Waals surface area contributed by atoms with Crippen molar-refractivity contribution in [2.75, 3.05) is 12.8 Å². The molecule has 1 N–H and O–H groups in total. The molecule has 2 heterocycles. The molecule has 0 unspecified atom stereocenters. The van der Waals surface area contributed by atoms with Crippen LogP contribution in [-0.4, -0.2) is 37.4 Å². The number of hydrogen-bond acceptors (Lipinski definition) is 5. The molecule has 7 nitrogen and oxygen atoms in total. The number of nitrogens with one attached hydrogen (secondary N) is 1. The lowest BCUT2D eigenvalue weighted by Gasteiger charge is -2.16. The van der Waals surface area contributed by atoms with Crippen LogP contribution in [0.1, 0.15) is 41.6 Å². The van der Waals surface area contributed by atoms with Crippen LogP contribution in [0.4, 0.5) is 4.39 Å². The number of pyridine rings is 1.